The average molecular weight is 499 g/mol. The first-order chi connectivity index (χ1) is 16.8. The van der Waals surface area contributed by atoms with Crippen LogP contribution < -0.4 is 5.32 Å². The molecule has 10 heteroatoms. The van der Waals surface area contributed by atoms with E-state index in [1.165, 1.54) is 18.2 Å². The van der Waals surface area contributed by atoms with Crippen LogP contribution >= 0.6 is 0 Å². The molecule has 35 heavy (non-hydrogen) atoms. The Morgan fingerprint density at radius 2 is 1.63 bits per heavy atom. The highest BCUT2D eigenvalue weighted by molar-refractivity contribution is 7.91. The lowest BCUT2D eigenvalue weighted by atomic mass is 9.80. The number of ether oxygens (including phenoxy) is 2. The predicted molar refractivity (Wildman–Crippen MR) is 130 cm³/mol. The molecular formula is C25H26N2O7S. The van der Waals surface area contributed by atoms with E-state index in [1.807, 2.05) is 0 Å². The van der Waals surface area contributed by atoms with Gasteiger partial charge in [-0.1, -0.05) is 30.3 Å². The third kappa shape index (κ3) is 5.90. The molecule has 2 aromatic carbocycles. The molecule has 1 aliphatic rings. The summed E-state index contributed by atoms with van der Waals surface area (Å²) in [5, 5.41) is 14.5. The van der Waals surface area contributed by atoms with Gasteiger partial charge in [-0.2, -0.15) is 0 Å². The van der Waals surface area contributed by atoms with Crippen LogP contribution in [0.3, 0.4) is 0 Å². The fraction of sp³-hybridized carbons (Fsp3) is 0.280. The van der Waals surface area contributed by atoms with E-state index >= 15 is 0 Å². The van der Waals surface area contributed by atoms with E-state index in [1.54, 1.807) is 57.2 Å². The van der Waals surface area contributed by atoms with Gasteiger partial charge >= 0.3 is 11.9 Å². The van der Waals surface area contributed by atoms with Crippen molar-refractivity contribution in [3.63, 3.8) is 0 Å². The SMILES string of the molecule is CCOC(=O)C1=C(C)NC(C[S+]([O-])c2ccccc2)=C(C(=O)OCC)C1c1cccc([N+](=O)[O-])c1. The quantitative estimate of drug-likeness (QED) is 0.239. The van der Waals surface area contributed by atoms with E-state index < -0.39 is 34.0 Å². The van der Waals surface area contributed by atoms with E-state index in [2.05, 4.69) is 5.32 Å². The molecule has 0 saturated carbocycles. The molecule has 2 aromatic rings. The van der Waals surface area contributed by atoms with Crippen molar-refractivity contribution in [2.45, 2.75) is 31.6 Å². The Bertz CT molecular complexity index is 1180. The number of nitro groups is 1. The number of nitrogens with one attached hydrogen (secondary N) is 1. The molecule has 9 nitrogen and oxygen atoms in total. The molecule has 0 amide bonds. The van der Waals surface area contributed by atoms with Crippen molar-refractivity contribution in [1.82, 2.24) is 5.32 Å². The molecule has 0 radical (unpaired) electrons. The molecular weight excluding hydrogens is 472 g/mol. The van der Waals surface area contributed by atoms with Gasteiger partial charge in [0.25, 0.3) is 5.69 Å². The van der Waals surface area contributed by atoms with Crippen molar-refractivity contribution in [2.75, 3.05) is 19.0 Å². The number of nitrogens with zero attached hydrogens (tertiary/aromatic N) is 1. The van der Waals surface area contributed by atoms with Crippen LogP contribution in [0.1, 0.15) is 32.3 Å². The summed E-state index contributed by atoms with van der Waals surface area (Å²) in [6, 6.07) is 14.5. The summed E-state index contributed by atoms with van der Waals surface area (Å²) in [6.07, 6.45) is 0. The summed E-state index contributed by atoms with van der Waals surface area (Å²) < 4.78 is 23.7. The Kier molecular flexibility index (Phi) is 8.67. The van der Waals surface area contributed by atoms with Gasteiger partial charge in [0, 0.05) is 17.8 Å². The van der Waals surface area contributed by atoms with Gasteiger partial charge in [0.2, 0.25) is 0 Å². The van der Waals surface area contributed by atoms with Crippen molar-refractivity contribution in [3.05, 3.63) is 92.8 Å². The summed E-state index contributed by atoms with van der Waals surface area (Å²) in [4.78, 5) is 37.7. The van der Waals surface area contributed by atoms with E-state index in [0.717, 1.165) is 0 Å². The Balaban J connectivity index is 2.21. The second kappa shape index (κ2) is 11.7. The number of esters is 2. The fourth-order valence-electron chi connectivity index (χ4n) is 3.88. The summed E-state index contributed by atoms with van der Waals surface area (Å²) in [5.74, 6) is -2.46. The first-order valence-electron chi connectivity index (χ1n) is 11.0. The highest BCUT2D eigenvalue weighted by atomic mass is 32.2. The van der Waals surface area contributed by atoms with Crippen LogP contribution in [0.5, 0.6) is 0 Å². The van der Waals surface area contributed by atoms with E-state index in [0.29, 0.717) is 21.9 Å². The topological polar surface area (TPSA) is 131 Å². The zero-order valence-electron chi connectivity index (χ0n) is 19.6. The van der Waals surface area contributed by atoms with Crippen LogP contribution in [-0.2, 0) is 30.2 Å². The van der Waals surface area contributed by atoms with Gasteiger partial charge in [-0.15, -0.1) is 0 Å². The van der Waals surface area contributed by atoms with Crippen molar-refractivity contribution < 1.29 is 28.5 Å². The van der Waals surface area contributed by atoms with Gasteiger partial charge in [0.1, 0.15) is 0 Å². The van der Waals surface area contributed by atoms with Gasteiger partial charge in [0.05, 0.1) is 40.9 Å². The van der Waals surface area contributed by atoms with E-state index in [4.69, 9.17) is 9.47 Å². The Hall–Kier alpha value is -3.63. The van der Waals surface area contributed by atoms with Crippen molar-refractivity contribution in [2.24, 2.45) is 0 Å². The molecule has 1 heterocycles. The van der Waals surface area contributed by atoms with Crippen molar-refractivity contribution in [3.8, 4) is 0 Å². The number of hydrogen-bond donors (Lipinski definition) is 1. The van der Waals surface area contributed by atoms with Gasteiger partial charge in [-0.3, -0.25) is 10.1 Å². The lowest BCUT2D eigenvalue weighted by Crippen LogP contribution is -2.35. The smallest absolute Gasteiger partial charge is 0.336 e. The lowest BCUT2D eigenvalue weighted by molar-refractivity contribution is -0.384. The van der Waals surface area contributed by atoms with Crippen molar-refractivity contribution >= 4 is 28.8 Å². The van der Waals surface area contributed by atoms with Crippen LogP contribution in [0, 0.1) is 10.1 Å². The molecule has 2 atom stereocenters. The Labute approximate surface area is 206 Å². The summed E-state index contributed by atoms with van der Waals surface area (Å²) >= 11 is -1.52. The summed E-state index contributed by atoms with van der Waals surface area (Å²) in [6.45, 7) is 5.11. The number of hydrogen-bond acceptors (Lipinski definition) is 8. The minimum absolute atomic E-state index is 0.0585. The van der Waals surface area contributed by atoms with Gasteiger partial charge in [-0.05, 0) is 49.6 Å². The number of rotatable bonds is 9. The van der Waals surface area contributed by atoms with Crippen molar-refractivity contribution in [1.29, 1.82) is 0 Å². The van der Waals surface area contributed by atoms with Gasteiger partial charge < -0.3 is 19.3 Å². The Morgan fingerprint density at radius 3 is 2.23 bits per heavy atom. The number of dihydropyridines is 1. The first-order valence-corrected chi connectivity index (χ1v) is 12.3. The highest BCUT2D eigenvalue weighted by Gasteiger charge is 2.40. The maximum absolute atomic E-state index is 13.2. The monoisotopic (exact) mass is 498 g/mol. The standard InChI is InChI=1S/C25H26N2O7S/c1-4-33-24(28)21-16(3)26-20(15-35(32)19-12-7-6-8-13-19)23(25(29)34-5-2)22(21)17-10-9-11-18(14-17)27(30)31/h6-14,22,26H,4-5,15H2,1-3H3. The van der Waals surface area contributed by atoms with Crippen LogP contribution in [0.25, 0.3) is 0 Å². The highest BCUT2D eigenvalue weighted by Crippen LogP contribution is 2.40. The summed E-state index contributed by atoms with van der Waals surface area (Å²) in [7, 11) is 0. The number of nitro benzene ring substituents is 1. The van der Waals surface area contributed by atoms with E-state index in [-0.39, 0.29) is 35.8 Å². The van der Waals surface area contributed by atoms with E-state index in [9.17, 15) is 24.3 Å². The molecule has 0 spiro atoms. The van der Waals surface area contributed by atoms with Crippen LogP contribution in [-0.4, -0.2) is 40.4 Å². The molecule has 0 fully saturated rings. The third-order valence-corrected chi connectivity index (χ3v) is 6.68. The zero-order chi connectivity index (χ0) is 25.5. The molecule has 1 aliphatic heterocycles. The maximum atomic E-state index is 13.2. The van der Waals surface area contributed by atoms with Gasteiger partial charge in [0.15, 0.2) is 10.6 Å². The summed E-state index contributed by atoms with van der Waals surface area (Å²) in [5.41, 5.74) is 1.05. The third-order valence-electron chi connectivity index (χ3n) is 5.33. The molecule has 0 saturated heterocycles. The van der Waals surface area contributed by atoms with Crippen LogP contribution in [0.4, 0.5) is 5.69 Å². The second-order valence-corrected chi connectivity index (χ2v) is 9.04. The minimum Gasteiger partial charge on any atom is -0.611 e. The number of carbonyl (C=O) groups is 2. The van der Waals surface area contributed by atoms with Crippen LogP contribution in [0.15, 0.2) is 82.0 Å². The predicted octanol–water partition coefficient (Wildman–Crippen LogP) is 3.74. The molecule has 0 aliphatic carbocycles. The molecule has 0 aromatic heterocycles. The molecule has 3 rings (SSSR count). The minimum atomic E-state index is -1.52. The number of non-ortho nitro benzene ring substituents is 1. The number of benzene rings is 2. The van der Waals surface area contributed by atoms with Gasteiger partial charge in [-0.25, -0.2) is 9.59 Å². The lowest BCUT2D eigenvalue weighted by Gasteiger charge is -2.31. The second-order valence-electron chi connectivity index (χ2n) is 7.58. The average Bonchev–Trinajstić information content (AvgIpc) is 2.84. The largest absolute Gasteiger partial charge is 0.611 e. The normalized spacial score (nSPS) is 16.4. The number of allylic oxidation sites excluding steroid dienone is 1. The molecule has 184 valence electrons. The molecule has 1 N–H and O–H groups in total. The maximum Gasteiger partial charge on any atom is 0.336 e. The number of carbonyl (C=O) groups excluding carboxylic acids is 2. The zero-order valence-corrected chi connectivity index (χ0v) is 20.4. The fourth-order valence-corrected chi connectivity index (χ4v) is 4.99. The molecule has 0 bridgehead atoms. The first kappa shape index (κ1) is 26.0. The van der Waals surface area contributed by atoms with Crippen LogP contribution in [0.2, 0.25) is 0 Å². The Morgan fingerprint density at radius 1 is 1.00 bits per heavy atom. The molecule has 2 unspecified atom stereocenters.